The van der Waals surface area contributed by atoms with Gasteiger partial charge in [0, 0.05) is 31.4 Å². The van der Waals surface area contributed by atoms with E-state index in [4.69, 9.17) is 10.5 Å². The van der Waals surface area contributed by atoms with Crippen LogP contribution >= 0.6 is 0 Å². The van der Waals surface area contributed by atoms with Crippen LogP contribution < -0.4 is 11.1 Å². The van der Waals surface area contributed by atoms with Crippen molar-refractivity contribution in [1.29, 1.82) is 0 Å². The number of hydrogen-bond donors (Lipinski definition) is 2. The summed E-state index contributed by atoms with van der Waals surface area (Å²) in [5.41, 5.74) is 5.52. The second-order valence-corrected chi connectivity index (χ2v) is 4.80. The molecule has 1 aromatic carbocycles. The summed E-state index contributed by atoms with van der Waals surface area (Å²) in [6.45, 7) is 2.17. The summed E-state index contributed by atoms with van der Waals surface area (Å²) in [5.74, 6) is -0.172. The van der Waals surface area contributed by atoms with Gasteiger partial charge in [0.05, 0.1) is 4.92 Å². The number of primary amides is 1. The summed E-state index contributed by atoms with van der Waals surface area (Å²) in [4.78, 5) is 21.5. The lowest BCUT2D eigenvalue weighted by Gasteiger charge is -2.10. The number of hydrogen-bond acceptors (Lipinski definition) is 5. The van der Waals surface area contributed by atoms with Crippen molar-refractivity contribution in [3.05, 3.63) is 33.9 Å². The number of carbonyl (C=O) groups is 1. The maximum Gasteiger partial charge on any atom is 0.293 e. The molecule has 0 aliphatic carbocycles. The highest BCUT2D eigenvalue weighted by Gasteiger charge is 2.18. The van der Waals surface area contributed by atoms with Crippen LogP contribution in [-0.4, -0.2) is 30.6 Å². The van der Waals surface area contributed by atoms with Crippen LogP contribution in [0.15, 0.2) is 18.2 Å². The summed E-state index contributed by atoms with van der Waals surface area (Å²) in [6.07, 6.45) is 1.93. The molecule has 0 saturated carbocycles. The Labute approximate surface area is 116 Å². The zero-order valence-electron chi connectivity index (χ0n) is 11.0. The second kappa shape index (κ2) is 6.33. The molecule has 3 N–H and O–H groups in total. The molecule has 1 amide bonds. The molecule has 1 heterocycles. The van der Waals surface area contributed by atoms with Gasteiger partial charge in [-0.2, -0.15) is 0 Å². The quantitative estimate of drug-likeness (QED) is 0.606. The van der Waals surface area contributed by atoms with Gasteiger partial charge in [-0.05, 0) is 30.9 Å². The zero-order chi connectivity index (χ0) is 14.5. The number of nitrogens with zero attached hydrogens (tertiary/aromatic N) is 1. The molecular weight excluding hydrogens is 262 g/mol. The van der Waals surface area contributed by atoms with Crippen LogP contribution in [0.25, 0.3) is 0 Å². The maximum atomic E-state index is 11.0. The Morgan fingerprint density at radius 2 is 2.35 bits per heavy atom. The van der Waals surface area contributed by atoms with E-state index in [2.05, 4.69) is 5.32 Å². The van der Waals surface area contributed by atoms with E-state index in [-0.39, 0.29) is 11.3 Å². The van der Waals surface area contributed by atoms with E-state index in [0.29, 0.717) is 18.2 Å². The van der Waals surface area contributed by atoms with E-state index >= 15 is 0 Å². The van der Waals surface area contributed by atoms with Gasteiger partial charge in [0.2, 0.25) is 5.91 Å². The van der Waals surface area contributed by atoms with Crippen molar-refractivity contribution in [1.82, 2.24) is 0 Å². The number of nitrogens with one attached hydrogen (secondary N) is 1. The number of nitro groups is 1. The lowest BCUT2D eigenvalue weighted by molar-refractivity contribution is -0.384. The SMILES string of the molecule is NC(=O)c1ccc(NCCC2CCOC2)c([N+](=O)[O-])c1. The van der Waals surface area contributed by atoms with Crippen LogP contribution in [0, 0.1) is 16.0 Å². The molecule has 1 atom stereocenters. The molecule has 1 aliphatic heterocycles. The van der Waals surface area contributed by atoms with Gasteiger partial charge in [-0.1, -0.05) is 0 Å². The van der Waals surface area contributed by atoms with Crippen LogP contribution in [0.4, 0.5) is 11.4 Å². The van der Waals surface area contributed by atoms with E-state index in [0.717, 1.165) is 26.1 Å². The lowest BCUT2D eigenvalue weighted by Crippen LogP contribution is -2.13. The smallest absolute Gasteiger partial charge is 0.293 e. The van der Waals surface area contributed by atoms with Crippen LogP contribution in [0.1, 0.15) is 23.2 Å². The summed E-state index contributed by atoms with van der Waals surface area (Å²) in [5, 5.41) is 14.0. The molecule has 1 aliphatic rings. The highest BCUT2D eigenvalue weighted by Crippen LogP contribution is 2.26. The first kappa shape index (κ1) is 14.3. The molecule has 1 aromatic rings. The number of benzene rings is 1. The van der Waals surface area contributed by atoms with Gasteiger partial charge >= 0.3 is 0 Å². The van der Waals surface area contributed by atoms with Gasteiger partial charge in [0.25, 0.3) is 5.69 Å². The van der Waals surface area contributed by atoms with Crippen molar-refractivity contribution in [3.63, 3.8) is 0 Å². The van der Waals surface area contributed by atoms with E-state index < -0.39 is 10.8 Å². The Morgan fingerprint density at radius 1 is 1.55 bits per heavy atom. The van der Waals surface area contributed by atoms with Crippen LogP contribution in [0.5, 0.6) is 0 Å². The summed E-state index contributed by atoms with van der Waals surface area (Å²) >= 11 is 0. The van der Waals surface area contributed by atoms with Gasteiger partial charge < -0.3 is 15.8 Å². The second-order valence-electron chi connectivity index (χ2n) is 4.80. The first-order chi connectivity index (χ1) is 9.58. The van der Waals surface area contributed by atoms with Crippen LogP contribution in [0.2, 0.25) is 0 Å². The average Bonchev–Trinajstić information content (AvgIpc) is 2.91. The normalized spacial score (nSPS) is 17.9. The molecule has 7 nitrogen and oxygen atoms in total. The number of rotatable bonds is 6. The van der Waals surface area contributed by atoms with Crippen molar-refractivity contribution in [2.75, 3.05) is 25.1 Å². The summed E-state index contributed by atoms with van der Waals surface area (Å²) in [7, 11) is 0. The minimum atomic E-state index is -0.678. The minimum Gasteiger partial charge on any atom is -0.381 e. The van der Waals surface area contributed by atoms with Crippen molar-refractivity contribution in [2.45, 2.75) is 12.8 Å². The van der Waals surface area contributed by atoms with Crippen molar-refractivity contribution in [3.8, 4) is 0 Å². The fourth-order valence-corrected chi connectivity index (χ4v) is 2.21. The number of anilines is 1. The fourth-order valence-electron chi connectivity index (χ4n) is 2.21. The Kier molecular flexibility index (Phi) is 4.52. The topological polar surface area (TPSA) is 107 Å². The van der Waals surface area contributed by atoms with Crippen molar-refractivity contribution in [2.24, 2.45) is 11.7 Å². The molecule has 1 saturated heterocycles. The standard InChI is InChI=1S/C13H17N3O4/c14-13(17)10-1-2-11(12(7-10)16(18)19)15-5-3-9-4-6-20-8-9/h1-2,7,9,15H,3-6,8H2,(H2,14,17). The molecule has 20 heavy (non-hydrogen) atoms. The predicted octanol–water partition coefficient (Wildman–Crippen LogP) is 1.53. The summed E-state index contributed by atoms with van der Waals surface area (Å²) < 4.78 is 5.28. The number of nitrogens with two attached hydrogens (primary N) is 1. The van der Waals surface area contributed by atoms with Crippen LogP contribution in [-0.2, 0) is 4.74 Å². The number of amides is 1. The molecule has 0 bridgehead atoms. The van der Waals surface area contributed by atoms with Gasteiger partial charge in [-0.3, -0.25) is 14.9 Å². The van der Waals surface area contributed by atoms with Gasteiger partial charge in [0.15, 0.2) is 0 Å². The van der Waals surface area contributed by atoms with E-state index in [9.17, 15) is 14.9 Å². The van der Waals surface area contributed by atoms with Gasteiger partial charge in [0.1, 0.15) is 5.69 Å². The number of ether oxygens (including phenoxy) is 1. The van der Waals surface area contributed by atoms with E-state index in [1.165, 1.54) is 18.2 Å². The molecule has 0 aromatic heterocycles. The first-order valence-corrected chi connectivity index (χ1v) is 6.48. The molecule has 1 fully saturated rings. The molecule has 1 unspecified atom stereocenters. The highest BCUT2D eigenvalue weighted by atomic mass is 16.6. The Hall–Kier alpha value is -2.15. The zero-order valence-corrected chi connectivity index (χ0v) is 11.0. The third-order valence-corrected chi connectivity index (χ3v) is 3.37. The first-order valence-electron chi connectivity index (χ1n) is 6.48. The number of nitro benzene ring substituents is 1. The van der Waals surface area contributed by atoms with Crippen LogP contribution in [0.3, 0.4) is 0 Å². The molecular formula is C13H17N3O4. The Balaban J connectivity index is 2.02. The molecule has 2 rings (SSSR count). The Morgan fingerprint density at radius 3 is 2.95 bits per heavy atom. The molecule has 0 spiro atoms. The largest absolute Gasteiger partial charge is 0.381 e. The van der Waals surface area contributed by atoms with Crippen molar-refractivity contribution < 1.29 is 14.5 Å². The minimum absolute atomic E-state index is 0.131. The number of carbonyl (C=O) groups excluding carboxylic acids is 1. The van der Waals surface area contributed by atoms with Crippen molar-refractivity contribution >= 4 is 17.3 Å². The molecule has 108 valence electrons. The van der Waals surface area contributed by atoms with Gasteiger partial charge in [-0.25, -0.2) is 0 Å². The van der Waals surface area contributed by atoms with Gasteiger partial charge in [-0.15, -0.1) is 0 Å². The molecule has 0 radical (unpaired) electrons. The monoisotopic (exact) mass is 279 g/mol. The lowest BCUT2D eigenvalue weighted by atomic mass is 10.1. The predicted molar refractivity (Wildman–Crippen MR) is 73.6 cm³/mol. The molecule has 7 heteroatoms. The highest BCUT2D eigenvalue weighted by molar-refractivity contribution is 5.94. The maximum absolute atomic E-state index is 11.0. The Bertz CT molecular complexity index is 512. The van der Waals surface area contributed by atoms with E-state index in [1.807, 2.05) is 0 Å². The third kappa shape index (κ3) is 3.45. The fraction of sp³-hybridized carbons (Fsp3) is 0.462. The van der Waals surface area contributed by atoms with E-state index in [1.54, 1.807) is 0 Å². The third-order valence-electron chi connectivity index (χ3n) is 3.37. The summed E-state index contributed by atoms with van der Waals surface area (Å²) in [6, 6.07) is 4.20. The average molecular weight is 279 g/mol.